The molecule has 0 spiro atoms. The maximum absolute atomic E-state index is 9.06. The molecule has 1 aliphatic rings. The first-order chi connectivity index (χ1) is 8.72. The van der Waals surface area contributed by atoms with Crippen molar-refractivity contribution in [2.75, 3.05) is 24.6 Å². The van der Waals surface area contributed by atoms with Crippen LogP contribution in [0.25, 0.3) is 0 Å². The molecule has 0 amide bonds. The molecule has 3 N–H and O–H groups in total. The van der Waals surface area contributed by atoms with E-state index in [1.807, 2.05) is 19.2 Å². The Labute approximate surface area is 109 Å². The van der Waals surface area contributed by atoms with E-state index in [9.17, 15) is 0 Å². The van der Waals surface area contributed by atoms with Gasteiger partial charge in [-0.25, -0.2) is 4.98 Å². The molecule has 2 atom stereocenters. The summed E-state index contributed by atoms with van der Waals surface area (Å²) in [6.07, 6.45) is 5.09. The van der Waals surface area contributed by atoms with E-state index in [1.165, 1.54) is 12.8 Å². The predicted molar refractivity (Wildman–Crippen MR) is 73.5 cm³/mol. The van der Waals surface area contributed by atoms with Crippen LogP contribution >= 0.6 is 0 Å². The molecule has 0 aliphatic carbocycles. The van der Waals surface area contributed by atoms with Crippen molar-refractivity contribution >= 4 is 5.82 Å². The van der Waals surface area contributed by atoms with Gasteiger partial charge in [0.15, 0.2) is 0 Å². The van der Waals surface area contributed by atoms with Crippen LogP contribution < -0.4 is 10.6 Å². The first-order valence-electron chi connectivity index (χ1n) is 6.78. The van der Waals surface area contributed by atoms with Crippen LogP contribution in [0, 0.1) is 5.92 Å². The number of hydrogen-bond donors (Lipinski definition) is 2. The summed E-state index contributed by atoms with van der Waals surface area (Å²) in [5.74, 6) is 1.60. The molecule has 2 unspecified atom stereocenters. The fraction of sp³-hybridized carbons (Fsp3) is 0.643. The van der Waals surface area contributed by atoms with E-state index >= 15 is 0 Å². The van der Waals surface area contributed by atoms with Crippen molar-refractivity contribution in [3.63, 3.8) is 0 Å². The van der Waals surface area contributed by atoms with Gasteiger partial charge < -0.3 is 15.7 Å². The van der Waals surface area contributed by atoms with Crippen LogP contribution in [0.5, 0.6) is 0 Å². The first-order valence-corrected chi connectivity index (χ1v) is 6.78. The van der Waals surface area contributed by atoms with E-state index in [0.29, 0.717) is 5.92 Å². The quantitative estimate of drug-likeness (QED) is 0.852. The summed E-state index contributed by atoms with van der Waals surface area (Å²) in [5.41, 5.74) is 7.12. The number of aromatic nitrogens is 1. The molecule has 0 aromatic carbocycles. The molecule has 1 fully saturated rings. The lowest BCUT2D eigenvalue weighted by Crippen LogP contribution is -2.37. The van der Waals surface area contributed by atoms with Crippen molar-refractivity contribution < 1.29 is 5.11 Å². The van der Waals surface area contributed by atoms with Crippen molar-refractivity contribution in [3.05, 3.63) is 23.9 Å². The SMILES string of the molecule is CC(N)c1cccnc1N1CCCC(CCO)C1. The lowest BCUT2D eigenvalue weighted by atomic mass is 9.94. The molecule has 4 nitrogen and oxygen atoms in total. The topological polar surface area (TPSA) is 62.4 Å². The summed E-state index contributed by atoms with van der Waals surface area (Å²) >= 11 is 0. The number of piperidine rings is 1. The summed E-state index contributed by atoms with van der Waals surface area (Å²) in [4.78, 5) is 6.82. The molecule has 100 valence electrons. The maximum Gasteiger partial charge on any atom is 0.133 e. The molecule has 0 saturated carbocycles. The van der Waals surface area contributed by atoms with Crippen LogP contribution in [0.15, 0.2) is 18.3 Å². The number of anilines is 1. The monoisotopic (exact) mass is 249 g/mol. The zero-order valence-electron chi connectivity index (χ0n) is 11.0. The first kappa shape index (κ1) is 13.3. The van der Waals surface area contributed by atoms with E-state index in [4.69, 9.17) is 10.8 Å². The number of rotatable bonds is 4. The average Bonchev–Trinajstić information content (AvgIpc) is 2.39. The number of hydrogen-bond acceptors (Lipinski definition) is 4. The summed E-state index contributed by atoms with van der Waals surface area (Å²) in [6.45, 7) is 4.30. The second-order valence-corrected chi connectivity index (χ2v) is 5.17. The normalized spacial score (nSPS) is 21.9. The highest BCUT2D eigenvalue weighted by molar-refractivity contribution is 5.48. The van der Waals surface area contributed by atoms with Gasteiger partial charge in [-0.2, -0.15) is 0 Å². The van der Waals surface area contributed by atoms with Crippen LogP contribution in [-0.4, -0.2) is 29.8 Å². The van der Waals surface area contributed by atoms with Crippen LogP contribution in [-0.2, 0) is 0 Å². The van der Waals surface area contributed by atoms with E-state index < -0.39 is 0 Å². The number of pyridine rings is 1. The summed E-state index contributed by atoms with van der Waals surface area (Å²) in [5, 5.41) is 9.06. The van der Waals surface area contributed by atoms with E-state index in [2.05, 4.69) is 16.0 Å². The second kappa shape index (κ2) is 6.16. The van der Waals surface area contributed by atoms with Gasteiger partial charge in [0.2, 0.25) is 0 Å². The minimum absolute atomic E-state index is 0.00641. The molecule has 0 bridgehead atoms. The van der Waals surface area contributed by atoms with Gasteiger partial charge in [0, 0.05) is 37.5 Å². The Bertz CT molecular complexity index is 379. The molecule has 1 aliphatic heterocycles. The van der Waals surface area contributed by atoms with E-state index in [1.54, 1.807) is 0 Å². The molecule has 1 saturated heterocycles. The zero-order chi connectivity index (χ0) is 13.0. The predicted octanol–water partition coefficient (Wildman–Crippen LogP) is 1.70. The highest BCUT2D eigenvalue weighted by Crippen LogP contribution is 2.28. The molecule has 2 rings (SSSR count). The lowest BCUT2D eigenvalue weighted by molar-refractivity contribution is 0.244. The fourth-order valence-corrected chi connectivity index (χ4v) is 2.70. The zero-order valence-corrected chi connectivity index (χ0v) is 11.0. The Morgan fingerprint density at radius 3 is 3.17 bits per heavy atom. The van der Waals surface area contributed by atoms with Crippen LogP contribution in [0.1, 0.15) is 37.8 Å². The Kier molecular flexibility index (Phi) is 4.55. The van der Waals surface area contributed by atoms with Crippen molar-refractivity contribution in [1.29, 1.82) is 0 Å². The Balaban J connectivity index is 2.15. The van der Waals surface area contributed by atoms with Gasteiger partial charge >= 0.3 is 0 Å². The van der Waals surface area contributed by atoms with Crippen LogP contribution in [0.4, 0.5) is 5.82 Å². The Morgan fingerprint density at radius 2 is 2.44 bits per heavy atom. The van der Waals surface area contributed by atoms with E-state index in [-0.39, 0.29) is 12.6 Å². The van der Waals surface area contributed by atoms with Crippen LogP contribution in [0.3, 0.4) is 0 Å². The van der Waals surface area contributed by atoms with Gasteiger partial charge in [0.1, 0.15) is 5.82 Å². The van der Waals surface area contributed by atoms with E-state index in [0.717, 1.165) is 30.9 Å². The van der Waals surface area contributed by atoms with Crippen LogP contribution in [0.2, 0.25) is 0 Å². The van der Waals surface area contributed by atoms with Crippen molar-refractivity contribution in [2.45, 2.75) is 32.2 Å². The highest BCUT2D eigenvalue weighted by Gasteiger charge is 2.22. The molecule has 18 heavy (non-hydrogen) atoms. The van der Waals surface area contributed by atoms with Crippen molar-refractivity contribution in [1.82, 2.24) is 4.98 Å². The van der Waals surface area contributed by atoms with Gasteiger partial charge in [-0.15, -0.1) is 0 Å². The summed E-state index contributed by atoms with van der Waals surface area (Å²) < 4.78 is 0. The molecule has 1 aromatic rings. The molecular weight excluding hydrogens is 226 g/mol. The average molecular weight is 249 g/mol. The number of aliphatic hydroxyl groups is 1. The number of nitrogens with zero attached hydrogens (tertiary/aromatic N) is 2. The molecule has 0 radical (unpaired) electrons. The molecular formula is C14H23N3O. The minimum Gasteiger partial charge on any atom is -0.396 e. The van der Waals surface area contributed by atoms with Gasteiger partial charge in [-0.1, -0.05) is 6.07 Å². The summed E-state index contributed by atoms with van der Waals surface area (Å²) in [7, 11) is 0. The summed E-state index contributed by atoms with van der Waals surface area (Å²) in [6, 6.07) is 4.01. The lowest BCUT2D eigenvalue weighted by Gasteiger charge is -2.34. The third-order valence-electron chi connectivity index (χ3n) is 3.66. The number of nitrogens with two attached hydrogens (primary N) is 1. The second-order valence-electron chi connectivity index (χ2n) is 5.17. The van der Waals surface area contributed by atoms with Gasteiger partial charge in [0.05, 0.1) is 0 Å². The molecule has 2 heterocycles. The van der Waals surface area contributed by atoms with Gasteiger partial charge in [0.25, 0.3) is 0 Å². The van der Waals surface area contributed by atoms with Crippen molar-refractivity contribution in [3.8, 4) is 0 Å². The largest absolute Gasteiger partial charge is 0.396 e. The number of aliphatic hydroxyl groups excluding tert-OH is 1. The smallest absolute Gasteiger partial charge is 0.133 e. The van der Waals surface area contributed by atoms with Crippen molar-refractivity contribution in [2.24, 2.45) is 11.7 Å². The minimum atomic E-state index is 0.00641. The third kappa shape index (κ3) is 3.00. The maximum atomic E-state index is 9.06. The Morgan fingerprint density at radius 1 is 1.61 bits per heavy atom. The Hall–Kier alpha value is -1.13. The van der Waals surface area contributed by atoms with Gasteiger partial charge in [-0.3, -0.25) is 0 Å². The fourth-order valence-electron chi connectivity index (χ4n) is 2.70. The standard InChI is InChI=1S/C14H23N3O/c1-11(15)13-5-2-7-16-14(13)17-8-3-4-12(10-17)6-9-18/h2,5,7,11-12,18H,3-4,6,8-10,15H2,1H3. The highest BCUT2D eigenvalue weighted by atomic mass is 16.3. The molecule has 1 aromatic heterocycles. The van der Waals surface area contributed by atoms with Gasteiger partial charge in [-0.05, 0) is 38.2 Å². The molecule has 4 heteroatoms. The third-order valence-corrected chi connectivity index (χ3v) is 3.66.